The number of rotatable bonds is 6. The van der Waals surface area contributed by atoms with Gasteiger partial charge in [0.1, 0.15) is 0 Å². The molecule has 1 saturated carbocycles. The van der Waals surface area contributed by atoms with Crippen LogP contribution in [-0.2, 0) is 25.8 Å². The summed E-state index contributed by atoms with van der Waals surface area (Å²) < 4.78 is 53.1. The molecule has 2 aliphatic rings. The minimum atomic E-state index is -3.90. The minimum Gasteiger partial charge on any atom is -0.326 e. The number of carbonyl (C=O) groups is 2. The smallest absolute Gasteiger partial charge is 0.230 e. The van der Waals surface area contributed by atoms with Crippen LogP contribution in [0.3, 0.4) is 0 Å². The van der Waals surface area contributed by atoms with Crippen LogP contribution in [0.4, 0.5) is 20.2 Å². The average molecular weight is 513 g/mol. The van der Waals surface area contributed by atoms with E-state index in [4.69, 9.17) is 0 Å². The van der Waals surface area contributed by atoms with Crippen LogP contribution in [0.1, 0.15) is 24.8 Å². The van der Waals surface area contributed by atoms with Crippen LogP contribution in [0, 0.1) is 17.6 Å². The molecule has 4 rings (SSSR count). The predicted octanol–water partition coefficient (Wildman–Crippen LogP) is 3.83. The first kappa shape index (κ1) is 21.9. The van der Waals surface area contributed by atoms with Crippen molar-refractivity contribution in [2.24, 2.45) is 5.92 Å². The van der Waals surface area contributed by atoms with Crippen LogP contribution in [0.2, 0.25) is 0 Å². The van der Waals surface area contributed by atoms with E-state index in [9.17, 15) is 26.8 Å². The van der Waals surface area contributed by atoms with Gasteiger partial charge in [0.2, 0.25) is 11.8 Å². The van der Waals surface area contributed by atoms with Crippen LogP contribution in [-0.4, -0.2) is 32.5 Å². The SMILES string of the molecule is O=C(CCS(=O)(=O)c1cc(Br)cc2c1N(C(=O)C1CC1)CC2)Nc1ccc(F)c(F)c1. The van der Waals surface area contributed by atoms with Crippen molar-refractivity contribution < 1.29 is 26.8 Å². The molecule has 1 aliphatic carbocycles. The lowest BCUT2D eigenvalue weighted by Crippen LogP contribution is -2.31. The van der Waals surface area contributed by atoms with E-state index >= 15 is 0 Å². The molecule has 0 aromatic heterocycles. The van der Waals surface area contributed by atoms with Gasteiger partial charge in [-0.2, -0.15) is 0 Å². The molecule has 0 radical (unpaired) electrons. The van der Waals surface area contributed by atoms with E-state index in [2.05, 4.69) is 21.2 Å². The molecule has 2 aromatic carbocycles. The van der Waals surface area contributed by atoms with Crippen LogP contribution >= 0.6 is 15.9 Å². The Kier molecular flexibility index (Phi) is 5.87. The first-order valence-electron chi connectivity index (χ1n) is 9.77. The Morgan fingerprint density at radius 2 is 1.87 bits per heavy atom. The van der Waals surface area contributed by atoms with E-state index in [0.717, 1.165) is 30.5 Å². The number of fused-ring (bicyclic) bond motifs is 1. The summed E-state index contributed by atoms with van der Waals surface area (Å²) in [5.74, 6) is -3.41. The molecule has 0 atom stereocenters. The summed E-state index contributed by atoms with van der Waals surface area (Å²) in [6.45, 7) is 0.431. The van der Waals surface area contributed by atoms with Crippen LogP contribution in [0.25, 0.3) is 0 Å². The lowest BCUT2D eigenvalue weighted by atomic mass is 10.2. The molecular formula is C21H19BrF2N2O4S. The van der Waals surface area contributed by atoms with E-state index in [1.165, 1.54) is 12.1 Å². The summed E-state index contributed by atoms with van der Waals surface area (Å²) in [7, 11) is -3.90. The molecule has 0 unspecified atom stereocenters. The summed E-state index contributed by atoms with van der Waals surface area (Å²) in [5.41, 5.74) is 1.21. The molecule has 1 aliphatic heterocycles. The van der Waals surface area contributed by atoms with Crippen LogP contribution in [0.15, 0.2) is 39.7 Å². The number of anilines is 2. The number of hydrogen-bond donors (Lipinski definition) is 1. The molecule has 10 heteroatoms. The van der Waals surface area contributed by atoms with E-state index in [-0.39, 0.29) is 28.8 Å². The number of sulfone groups is 1. The van der Waals surface area contributed by atoms with E-state index < -0.39 is 33.1 Å². The Morgan fingerprint density at radius 3 is 2.55 bits per heavy atom. The van der Waals surface area contributed by atoms with Crippen molar-refractivity contribution in [1.82, 2.24) is 0 Å². The summed E-state index contributed by atoms with van der Waals surface area (Å²) in [4.78, 5) is 26.4. The fraction of sp³-hybridized carbons (Fsp3) is 0.333. The number of carbonyl (C=O) groups excluding carboxylic acids is 2. The van der Waals surface area contributed by atoms with Crippen molar-refractivity contribution in [3.8, 4) is 0 Å². The molecule has 2 aromatic rings. The third-order valence-corrected chi connectivity index (χ3v) is 7.50. The Balaban J connectivity index is 1.53. The second-order valence-electron chi connectivity index (χ2n) is 7.67. The Bertz CT molecular complexity index is 1180. The fourth-order valence-corrected chi connectivity index (χ4v) is 5.79. The van der Waals surface area contributed by atoms with Crippen molar-refractivity contribution in [2.75, 3.05) is 22.5 Å². The first-order chi connectivity index (χ1) is 14.7. The first-order valence-corrected chi connectivity index (χ1v) is 12.2. The Morgan fingerprint density at radius 1 is 1.13 bits per heavy atom. The van der Waals surface area contributed by atoms with Crippen molar-refractivity contribution in [2.45, 2.75) is 30.6 Å². The zero-order chi connectivity index (χ0) is 22.3. The number of benzene rings is 2. The molecule has 164 valence electrons. The molecule has 6 nitrogen and oxygen atoms in total. The largest absolute Gasteiger partial charge is 0.326 e. The van der Waals surface area contributed by atoms with Gasteiger partial charge in [0.15, 0.2) is 21.5 Å². The summed E-state index contributed by atoms with van der Waals surface area (Å²) in [6, 6.07) is 6.15. The van der Waals surface area contributed by atoms with Crippen LogP contribution < -0.4 is 10.2 Å². The Hall–Kier alpha value is -2.33. The second-order valence-corrected chi connectivity index (χ2v) is 10.7. The third kappa shape index (κ3) is 4.64. The van der Waals surface area contributed by atoms with Crippen molar-refractivity contribution in [3.63, 3.8) is 0 Å². The number of halogens is 3. The molecule has 0 spiro atoms. The third-order valence-electron chi connectivity index (χ3n) is 5.32. The van der Waals surface area contributed by atoms with Gasteiger partial charge < -0.3 is 10.2 Å². The van der Waals surface area contributed by atoms with Gasteiger partial charge in [-0.15, -0.1) is 0 Å². The summed E-state index contributed by atoms with van der Waals surface area (Å²) >= 11 is 3.33. The van der Waals surface area contributed by atoms with Gasteiger partial charge in [-0.05, 0) is 49.1 Å². The summed E-state index contributed by atoms with van der Waals surface area (Å²) in [6.07, 6.45) is 1.81. The maximum Gasteiger partial charge on any atom is 0.230 e. The van der Waals surface area contributed by atoms with Gasteiger partial charge in [-0.1, -0.05) is 15.9 Å². The standard InChI is InChI=1S/C21H19BrF2N2O4S/c22-14-9-13-5-7-26(21(28)12-1-2-12)20(13)18(10-14)31(29,30)8-6-19(27)25-15-3-4-16(23)17(24)11-15/h3-4,9-12H,1-2,5-8H2,(H,25,27). The van der Waals surface area contributed by atoms with Gasteiger partial charge in [-0.3, -0.25) is 9.59 Å². The Labute approximate surface area is 186 Å². The maximum absolute atomic E-state index is 13.3. The highest BCUT2D eigenvalue weighted by atomic mass is 79.9. The van der Waals surface area contributed by atoms with Gasteiger partial charge in [0.05, 0.1) is 16.3 Å². The van der Waals surface area contributed by atoms with Gasteiger partial charge in [0.25, 0.3) is 0 Å². The number of nitrogens with one attached hydrogen (secondary N) is 1. The van der Waals surface area contributed by atoms with E-state index in [0.29, 0.717) is 23.1 Å². The molecule has 1 N–H and O–H groups in total. The fourth-order valence-electron chi connectivity index (χ4n) is 3.61. The number of hydrogen-bond acceptors (Lipinski definition) is 4. The average Bonchev–Trinajstić information content (AvgIpc) is 3.48. The van der Waals surface area contributed by atoms with Crippen LogP contribution in [0.5, 0.6) is 0 Å². The lowest BCUT2D eigenvalue weighted by molar-refractivity contribution is -0.119. The van der Waals surface area contributed by atoms with Gasteiger partial charge in [0, 0.05) is 35.1 Å². The maximum atomic E-state index is 13.3. The number of nitrogens with zero attached hydrogens (tertiary/aromatic N) is 1. The normalized spacial score (nSPS) is 15.6. The van der Waals surface area contributed by atoms with Crippen molar-refractivity contribution >= 4 is 49.0 Å². The molecule has 0 bridgehead atoms. The highest BCUT2D eigenvalue weighted by molar-refractivity contribution is 9.10. The van der Waals surface area contributed by atoms with Crippen molar-refractivity contribution in [3.05, 3.63) is 52.0 Å². The zero-order valence-corrected chi connectivity index (χ0v) is 18.7. The molecule has 31 heavy (non-hydrogen) atoms. The molecule has 2 amide bonds. The molecule has 0 saturated heterocycles. The highest BCUT2D eigenvalue weighted by Crippen LogP contribution is 2.41. The topological polar surface area (TPSA) is 83.6 Å². The predicted molar refractivity (Wildman–Crippen MR) is 115 cm³/mol. The lowest BCUT2D eigenvalue weighted by Gasteiger charge is -2.20. The zero-order valence-electron chi connectivity index (χ0n) is 16.3. The van der Waals surface area contributed by atoms with E-state index in [1.54, 1.807) is 4.90 Å². The number of amides is 2. The molecule has 1 fully saturated rings. The highest BCUT2D eigenvalue weighted by Gasteiger charge is 2.39. The second kappa shape index (κ2) is 8.31. The van der Waals surface area contributed by atoms with Gasteiger partial charge in [-0.25, -0.2) is 17.2 Å². The van der Waals surface area contributed by atoms with Crippen molar-refractivity contribution in [1.29, 1.82) is 0 Å². The summed E-state index contributed by atoms with van der Waals surface area (Å²) in [5, 5.41) is 2.36. The van der Waals surface area contributed by atoms with Gasteiger partial charge >= 0.3 is 0 Å². The minimum absolute atomic E-state index is 0.0176. The molecular weight excluding hydrogens is 494 g/mol. The quantitative estimate of drug-likeness (QED) is 0.637. The molecule has 1 heterocycles. The monoisotopic (exact) mass is 512 g/mol. The van der Waals surface area contributed by atoms with E-state index in [1.807, 2.05) is 6.07 Å².